The molecule has 0 N–H and O–H groups in total. The number of nitrogens with zero attached hydrogens (tertiary/aromatic N) is 2. The van der Waals surface area contributed by atoms with Crippen LogP contribution in [0.25, 0.3) is 0 Å². The molecule has 0 bridgehead atoms. The highest BCUT2D eigenvalue weighted by molar-refractivity contribution is 7.92. The number of carbonyl (C=O) groups is 2. The minimum absolute atomic E-state index is 0.0529. The molecule has 1 aromatic carbocycles. The number of anilines is 1. The number of rotatable bonds is 13. The van der Waals surface area contributed by atoms with Gasteiger partial charge in [-0.25, -0.2) is 12.7 Å². The first-order valence-electron chi connectivity index (χ1n) is 10.6. The van der Waals surface area contributed by atoms with Gasteiger partial charge in [0.1, 0.15) is 11.4 Å². The van der Waals surface area contributed by atoms with Crippen molar-refractivity contribution < 1.29 is 32.2 Å². The highest BCUT2D eigenvalue weighted by atomic mass is 32.2. The van der Waals surface area contributed by atoms with Gasteiger partial charge in [-0.05, 0) is 36.8 Å². The Morgan fingerprint density at radius 3 is 2.24 bits per heavy atom. The van der Waals surface area contributed by atoms with Gasteiger partial charge >= 0.3 is 0 Å². The summed E-state index contributed by atoms with van der Waals surface area (Å²) in [6.07, 6.45) is 3.59. The van der Waals surface area contributed by atoms with Crippen LogP contribution in [0.4, 0.5) is 5.69 Å². The summed E-state index contributed by atoms with van der Waals surface area (Å²) in [6, 6.07) is 9.46. The van der Waals surface area contributed by atoms with Gasteiger partial charge in [0.2, 0.25) is 27.7 Å². The van der Waals surface area contributed by atoms with E-state index in [1.54, 1.807) is 24.3 Å². The van der Waals surface area contributed by atoms with Crippen LogP contribution < -0.4 is 18.5 Å². The van der Waals surface area contributed by atoms with Crippen LogP contribution in [0.5, 0.6) is 17.5 Å². The van der Waals surface area contributed by atoms with Crippen LogP contribution in [-0.2, 0) is 14.8 Å². The Labute approximate surface area is 194 Å². The van der Waals surface area contributed by atoms with E-state index >= 15 is 0 Å². The lowest BCUT2D eigenvalue weighted by Crippen LogP contribution is -2.36. The van der Waals surface area contributed by atoms with Gasteiger partial charge in [0.05, 0.1) is 27.1 Å². The van der Waals surface area contributed by atoms with Crippen molar-refractivity contribution in [2.75, 3.05) is 31.4 Å². The Balaban J connectivity index is 2.08. The molecule has 180 valence electrons. The van der Waals surface area contributed by atoms with Gasteiger partial charge in [0.15, 0.2) is 5.78 Å². The van der Waals surface area contributed by atoms with Crippen LogP contribution >= 0.6 is 0 Å². The van der Waals surface area contributed by atoms with Crippen LogP contribution in [-0.4, -0.2) is 52.2 Å². The second-order valence-electron chi connectivity index (χ2n) is 7.31. The van der Waals surface area contributed by atoms with Crippen molar-refractivity contribution >= 4 is 27.4 Å². The fraction of sp³-hybridized carbons (Fsp3) is 0.435. The molecule has 1 amide bonds. The molecule has 0 radical (unpaired) electrons. The van der Waals surface area contributed by atoms with E-state index < -0.39 is 15.9 Å². The standard InChI is InChI=1S/C23H30N2O7S/c1-5-6-7-16-32-18-10-8-17(9-11-18)20(26)13-15-22(27)25(33(4,28)29)19-12-14-21(30-2)24-23(19)31-3/h8-12,14H,5-7,13,15-16H2,1-4H3. The van der Waals surface area contributed by atoms with Gasteiger partial charge < -0.3 is 14.2 Å². The number of hydrogen-bond donors (Lipinski definition) is 0. The summed E-state index contributed by atoms with van der Waals surface area (Å²) in [5.74, 6) is -0.277. The number of methoxy groups -OCH3 is 2. The lowest BCUT2D eigenvalue weighted by Gasteiger charge is -2.22. The molecule has 0 aliphatic rings. The number of carbonyl (C=O) groups excluding carboxylic acids is 2. The monoisotopic (exact) mass is 478 g/mol. The Hall–Kier alpha value is -3.14. The molecule has 2 aromatic rings. The maximum absolute atomic E-state index is 12.8. The number of Topliss-reactive ketones (excluding diaryl/α,β-unsaturated/α-hetero) is 1. The lowest BCUT2D eigenvalue weighted by atomic mass is 10.1. The zero-order valence-corrected chi connectivity index (χ0v) is 20.2. The SMILES string of the molecule is CCCCCOc1ccc(C(=O)CCC(=O)N(c2ccc(OC)nc2OC)S(C)(=O)=O)cc1. The number of ketones is 1. The van der Waals surface area contributed by atoms with Crippen molar-refractivity contribution in [3.63, 3.8) is 0 Å². The minimum Gasteiger partial charge on any atom is -0.494 e. The van der Waals surface area contributed by atoms with E-state index in [9.17, 15) is 18.0 Å². The highest BCUT2D eigenvalue weighted by Gasteiger charge is 2.29. The third-order valence-corrected chi connectivity index (χ3v) is 5.82. The Morgan fingerprint density at radius 2 is 1.67 bits per heavy atom. The quantitative estimate of drug-likeness (QED) is 0.317. The summed E-state index contributed by atoms with van der Waals surface area (Å²) in [6.45, 7) is 2.73. The number of unbranched alkanes of at least 4 members (excludes halogenated alkanes) is 2. The molecule has 0 saturated carbocycles. The third kappa shape index (κ3) is 7.45. The molecule has 0 spiro atoms. The highest BCUT2D eigenvalue weighted by Crippen LogP contribution is 2.31. The summed E-state index contributed by atoms with van der Waals surface area (Å²) >= 11 is 0. The summed E-state index contributed by atoms with van der Waals surface area (Å²) in [7, 11) is -1.30. The minimum atomic E-state index is -4.01. The molecule has 0 atom stereocenters. The van der Waals surface area contributed by atoms with Crippen LogP contribution in [0.3, 0.4) is 0 Å². The molecule has 0 aliphatic heterocycles. The maximum Gasteiger partial charge on any atom is 0.242 e. The number of pyridine rings is 1. The molecule has 2 rings (SSSR count). The summed E-state index contributed by atoms with van der Waals surface area (Å²) in [5.41, 5.74) is 0.362. The van der Waals surface area contributed by atoms with Crippen LogP contribution in [0.15, 0.2) is 36.4 Å². The molecule has 0 aliphatic carbocycles. The predicted octanol–water partition coefficient (Wildman–Crippen LogP) is 3.62. The van der Waals surface area contributed by atoms with Gasteiger partial charge in [0, 0.05) is 24.5 Å². The predicted molar refractivity (Wildman–Crippen MR) is 125 cm³/mol. The first kappa shape index (κ1) is 26.1. The fourth-order valence-electron chi connectivity index (χ4n) is 3.08. The second kappa shape index (κ2) is 12.2. The number of sulfonamides is 1. The topological polar surface area (TPSA) is 112 Å². The molecular formula is C23H30N2O7S. The molecule has 33 heavy (non-hydrogen) atoms. The van der Waals surface area contributed by atoms with E-state index in [0.29, 0.717) is 22.2 Å². The van der Waals surface area contributed by atoms with Crippen molar-refractivity contribution in [3.8, 4) is 17.5 Å². The molecule has 1 aromatic heterocycles. The normalized spacial score (nSPS) is 11.0. The van der Waals surface area contributed by atoms with Crippen LogP contribution in [0.2, 0.25) is 0 Å². The molecule has 0 saturated heterocycles. The fourth-order valence-corrected chi connectivity index (χ4v) is 4.04. The first-order chi connectivity index (χ1) is 15.7. The average Bonchev–Trinajstić information content (AvgIpc) is 2.80. The lowest BCUT2D eigenvalue weighted by molar-refractivity contribution is -0.117. The van der Waals surface area contributed by atoms with Gasteiger partial charge in [0.25, 0.3) is 0 Å². The van der Waals surface area contributed by atoms with Gasteiger partial charge in [-0.15, -0.1) is 0 Å². The van der Waals surface area contributed by atoms with Crippen molar-refractivity contribution in [1.82, 2.24) is 4.98 Å². The van der Waals surface area contributed by atoms with E-state index in [0.717, 1.165) is 25.5 Å². The number of hydrogen-bond acceptors (Lipinski definition) is 8. The van der Waals surface area contributed by atoms with Crippen molar-refractivity contribution in [2.45, 2.75) is 39.0 Å². The maximum atomic E-state index is 12.8. The van der Waals surface area contributed by atoms with Gasteiger partial charge in [-0.2, -0.15) is 4.98 Å². The van der Waals surface area contributed by atoms with E-state index in [2.05, 4.69) is 11.9 Å². The Kier molecular flexibility index (Phi) is 9.65. The molecular weight excluding hydrogens is 448 g/mol. The number of benzene rings is 1. The Morgan fingerprint density at radius 1 is 0.970 bits per heavy atom. The third-order valence-electron chi connectivity index (χ3n) is 4.75. The molecule has 10 heteroatoms. The number of aromatic nitrogens is 1. The van der Waals surface area contributed by atoms with E-state index in [-0.39, 0.29) is 36.1 Å². The summed E-state index contributed by atoms with van der Waals surface area (Å²) in [5, 5.41) is 0. The molecule has 0 fully saturated rings. The molecule has 0 unspecified atom stereocenters. The summed E-state index contributed by atoms with van der Waals surface area (Å²) < 4.78 is 41.1. The van der Waals surface area contributed by atoms with Crippen molar-refractivity contribution in [2.24, 2.45) is 0 Å². The van der Waals surface area contributed by atoms with Crippen molar-refractivity contribution in [3.05, 3.63) is 42.0 Å². The summed E-state index contributed by atoms with van der Waals surface area (Å²) in [4.78, 5) is 29.4. The number of ether oxygens (including phenoxy) is 3. The van der Waals surface area contributed by atoms with E-state index in [4.69, 9.17) is 14.2 Å². The zero-order valence-electron chi connectivity index (χ0n) is 19.4. The molecule has 1 heterocycles. The smallest absolute Gasteiger partial charge is 0.242 e. The van der Waals surface area contributed by atoms with Crippen molar-refractivity contribution in [1.29, 1.82) is 0 Å². The average molecular weight is 479 g/mol. The Bertz CT molecular complexity index is 1050. The molecule has 9 nitrogen and oxygen atoms in total. The largest absolute Gasteiger partial charge is 0.494 e. The second-order valence-corrected chi connectivity index (χ2v) is 9.14. The van der Waals surface area contributed by atoms with E-state index in [1.165, 1.54) is 26.4 Å². The van der Waals surface area contributed by atoms with Gasteiger partial charge in [-0.1, -0.05) is 19.8 Å². The number of amides is 1. The zero-order chi connectivity index (χ0) is 24.4. The van der Waals surface area contributed by atoms with Crippen LogP contribution in [0.1, 0.15) is 49.4 Å². The van der Waals surface area contributed by atoms with E-state index in [1.807, 2.05) is 0 Å². The first-order valence-corrected chi connectivity index (χ1v) is 12.4. The van der Waals surface area contributed by atoms with Gasteiger partial charge in [-0.3, -0.25) is 9.59 Å². The van der Waals surface area contributed by atoms with Crippen LogP contribution in [0, 0.1) is 0 Å².